The maximum absolute atomic E-state index is 12.3. The first-order chi connectivity index (χ1) is 9.44. The van der Waals surface area contributed by atoms with Crippen LogP contribution in [0.4, 0.5) is 13.2 Å². The highest BCUT2D eigenvalue weighted by Crippen LogP contribution is 2.25. The number of halogens is 3. The van der Waals surface area contributed by atoms with Crippen LogP contribution < -0.4 is 10.2 Å². The second-order valence-electron chi connectivity index (χ2n) is 4.47. The van der Waals surface area contributed by atoms with E-state index in [1.165, 1.54) is 12.1 Å². The van der Waals surface area contributed by atoms with Crippen molar-refractivity contribution in [3.8, 4) is 5.75 Å². The molecule has 7 heteroatoms. The molecule has 1 aliphatic rings. The molecule has 1 aromatic heterocycles. The van der Waals surface area contributed by atoms with Gasteiger partial charge in [0.25, 0.3) is 0 Å². The Hall–Kier alpha value is -2.02. The van der Waals surface area contributed by atoms with E-state index in [0.717, 1.165) is 11.8 Å². The van der Waals surface area contributed by atoms with Crippen molar-refractivity contribution in [3.05, 3.63) is 39.7 Å². The van der Waals surface area contributed by atoms with E-state index in [2.05, 4.69) is 9.72 Å². The molecule has 0 atom stereocenters. The van der Waals surface area contributed by atoms with E-state index < -0.39 is 12.1 Å². The van der Waals surface area contributed by atoms with Crippen LogP contribution in [0, 0.1) is 0 Å². The van der Waals surface area contributed by atoms with Crippen molar-refractivity contribution in [1.29, 1.82) is 0 Å². The summed E-state index contributed by atoms with van der Waals surface area (Å²) in [5.41, 5.74) is 1.41. The van der Waals surface area contributed by atoms with Crippen molar-refractivity contribution < 1.29 is 22.6 Å². The molecule has 0 fully saturated rings. The molecule has 2 aromatic rings. The highest BCUT2D eigenvalue weighted by Gasteiger charge is 2.31. The fourth-order valence-electron chi connectivity index (χ4n) is 2.27. The van der Waals surface area contributed by atoms with Crippen LogP contribution in [0.2, 0.25) is 0 Å². The van der Waals surface area contributed by atoms with Gasteiger partial charge in [-0.3, -0.25) is 4.79 Å². The molecule has 1 aromatic carbocycles. The van der Waals surface area contributed by atoms with Crippen LogP contribution in [-0.2, 0) is 17.8 Å². The van der Waals surface area contributed by atoms with Gasteiger partial charge in [0.1, 0.15) is 5.75 Å². The molecule has 3 rings (SSSR count). The zero-order chi connectivity index (χ0) is 14.3. The number of aromatic nitrogens is 1. The number of fused-ring (bicyclic) bond motifs is 2. The van der Waals surface area contributed by atoms with E-state index in [1.807, 2.05) is 0 Å². The summed E-state index contributed by atoms with van der Waals surface area (Å²) in [7, 11) is 0. The molecule has 0 unspecified atom stereocenters. The quantitative estimate of drug-likeness (QED) is 0.875. The Morgan fingerprint density at radius 1 is 1.30 bits per heavy atom. The number of nitrogens with one attached hydrogen (secondary N) is 1. The minimum atomic E-state index is -4.78. The monoisotopic (exact) mass is 285 g/mol. The number of H-pyrrole nitrogens is 1. The minimum Gasteiger partial charge on any atom is -0.406 e. The molecule has 20 heavy (non-hydrogen) atoms. The molecule has 106 valence electrons. The van der Waals surface area contributed by atoms with E-state index in [0.29, 0.717) is 24.1 Å². The maximum atomic E-state index is 12.3. The van der Waals surface area contributed by atoms with Crippen LogP contribution in [0.3, 0.4) is 0 Å². The van der Waals surface area contributed by atoms with Crippen LogP contribution in [0.25, 0.3) is 10.9 Å². The number of rotatable bonds is 1. The van der Waals surface area contributed by atoms with Crippen LogP contribution in [0.1, 0.15) is 11.3 Å². The fraction of sp³-hybridized carbons (Fsp3) is 0.308. The second kappa shape index (κ2) is 4.52. The summed E-state index contributed by atoms with van der Waals surface area (Å²) in [6.45, 7) is 0.689. The molecule has 0 radical (unpaired) electrons. The Balaban J connectivity index is 2.14. The summed E-state index contributed by atoms with van der Waals surface area (Å²) >= 11 is 0. The summed E-state index contributed by atoms with van der Waals surface area (Å²) in [6.07, 6.45) is -4.20. The van der Waals surface area contributed by atoms with E-state index in [4.69, 9.17) is 4.74 Å². The van der Waals surface area contributed by atoms with Gasteiger partial charge in [0.05, 0.1) is 13.2 Å². The second-order valence-corrected chi connectivity index (χ2v) is 4.47. The van der Waals surface area contributed by atoms with Gasteiger partial charge < -0.3 is 14.5 Å². The van der Waals surface area contributed by atoms with Gasteiger partial charge in [0, 0.05) is 28.6 Å². The lowest BCUT2D eigenvalue weighted by Crippen LogP contribution is -2.22. The Morgan fingerprint density at radius 2 is 2.10 bits per heavy atom. The number of ether oxygens (including phenoxy) is 2. The van der Waals surface area contributed by atoms with Gasteiger partial charge in [-0.25, -0.2) is 0 Å². The van der Waals surface area contributed by atoms with Crippen molar-refractivity contribution in [2.24, 2.45) is 0 Å². The zero-order valence-corrected chi connectivity index (χ0v) is 10.2. The van der Waals surface area contributed by atoms with Gasteiger partial charge in [0.2, 0.25) is 0 Å². The van der Waals surface area contributed by atoms with Crippen LogP contribution in [-0.4, -0.2) is 18.0 Å². The summed E-state index contributed by atoms with van der Waals surface area (Å²) in [6, 6.07) is 3.68. The molecule has 2 heterocycles. The van der Waals surface area contributed by atoms with Crippen LogP contribution in [0.15, 0.2) is 23.0 Å². The molecule has 0 spiro atoms. The van der Waals surface area contributed by atoms with Gasteiger partial charge in [0.15, 0.2) is 5.43 Å². The summed E-state index contributed by atoms with van der Waals surface area (Å²) in [5, 5.41) is 0.163. The van der Waals surface area contributed by atoms with Crippen molar-refractivity contribution in [1.82, 2.24) is 4.98 Å². The summed E-state index contributed by atoms with van der Waals surface area (Å²) in [4.78, 5) is 15.3. The zero-order valence-electron chi connectivity index (χ0n) is 10.2. The minimum absolute atomic E-state index is 0.163. The lowest BCUT2D eigenvalue weighted by atomic mass is 10.1. The van der Waals surface area contributed by atoms with Crippen molar-refractivity contribution in [2.75, 3.05) is 6.61 Å². The predicted molar refractivity (Wildman–Crippen MR) is 64.6 cm³/mol. The van der Waals surface area contributed by atoms with Crippen molar-refractivity contribution >= 4 is 10.9 Å². The van der Waals surface area contributed by atoms with Gasteiger partial charge in [-0.1, -0.05) is 0 Å². The molecule has 0 saturated heterocycles. The molecule has 1 N–H and O–H groups in total. The molecular formula is C13H10F3NO3. The van der Waals surface area contributed by atoms with Crippen LogP contribution in [0.5, 0.6) is 5.75 Å². The van der Waals surface area contributed by atoms with Crippen molar-refractivity contribution in [2.45, 2.75) is 19.4 Å². The molecule has 1 aliphatic heterocycles. The third-order valence-electron chi connectivity index (χ3n) is 3.14. The Bertz CT molecular complexity index is 721. The number of pyridine rings is 1. The Labute approximate surface area is 111 Å². The molecule has 0 bridgehead atoms. The third-order valence-corrected chi connectivity index (χ3v) is 3.14. The smallest absolute Gasteiger partial charge is 0.406 e. The molecular weight excluding hydrogens is 275 g/mol. The van der Waals surface area contributed by atoms with E-state index in [9.17, 15) is 18.0 Å². The Kier molecular flexibility index (Phi) is 2.93. The third kappa shape index (κ3) is 2.36. The fourth-order valence-corrected chi connectivity index (χ4v) is 2.27. The van der Waals surface area contributed by atoms with E-state index in [1.54, 1.807) is 0 Å². The summed E-state index contributed by atoms with van der Waals surface area (Å²) in [5.74, 6) is -0.410. The molecule has 0 amide bonds. The average Bonchev–Trinajstić information content (AvgIpc) is 2.38. The highest BCUT2D eigenvalue weighted by atomic mass is 19.4. The van der Waals surface area contributed by atoms with Gasteiger partial charge in [-0.05, 0) is 18.2 Å². The number of aromatic amines is 1. The molecule has 0 saturated carbocycles. The first-order valence-corrected chi connectivity index (χ1v) is 5.95. The number of alkyl halides is 3. The number of hydrogen-bond donors (Lipinski definition) is 1. The number of hydrogen-bond acceptors (Lipinski definition) is 3. The first-order valence-electron chi connectivity index (χ1n) is 5.95. The molecule has 0 aliphatic carbocycles. The topological polar surface area (TPSA) is 51.3 Å². The van der Waals surface area contributed by atoms with Gasteiger partial charge >= 0.3 is 6.36 Å². The normalized spacial score (nSPS) is 15.2. The highest BCUT2D eigenvalue weighted by molar-refractivity contribution is 5.81. The average molecular weight is 285 g/mol. The van der Waals surface area contributed by atoms with Crippen molar-refractivity contribution in [3.63, 3.8) is 0 Å². The number of benzene rings is 1. The Morgan fingerprint density at radius 3 is 2.85 bits per heavy atom. The van der Waals surface area contributed by atoms with Gasteiger partial charge in [-0.2, -0.15) is 0 Å². The summed E-state index contributed by atoms with van der Waals surface area (Å²) < 4.78 is 45.6. The molecule has 4 nitrogen and oxygen atoms in total. The standard InChI is InChI=1S/C13H10F3NO3/c14-13(15,16)20-7-1-2-10-8(5-7)12(18)9-6-19-4-3-11(9)17-10/h1-2,5H,3-4,6H2,(H,17,18). The predicted octanol–water partition coefficient (Wildman–Crippen LogP) is 2.50. The maximum Gasteiger partial charge on any atom is 0.573 e. The van der Waals surface area contributed by atoms with Crippen LogP contribution >= 0.6 is 0 Å². The first kappa shape index (κ1) is 13.0. The van der Waals surface area contributed by atoms with Gasteiger partial charge in [-0.15, -0.1) is 13.2 Å². The van der Waals surface area contributed by atoms with E-state index >= 15 is 0 Å². The largest absolute Gasteiger partial charge is 0.573 e. The lowest BCUT2D eigenvalue weighted by molar-refractivity contribution is -0.274. The SMILES string of the molecule is O=c1c2c([nH]c3ccc(OC(F)(F)F)cc13)CCOC2. The lowest BCUT2D eigenvalue weighted by Gasteiger charge is -2.17. The van der Waals surface area contributed by atoms with E-state index in [-0.39, 0.29) is 17.4 Å².